The summed E-state index contributed by atoms with van der Waals surface area (Å²) < 4.78 is 10.5. The third-order valence-electron chi connectivity index (χ3n) is 5.86. The van der Waals surface area contributed by atoms with Gasteiger partial charge < -0.3 is 19.7 Å². The van der Waals surface area contributed by atoms with Crippen molar-refractivity contribution in [2.75, 3.05) is 40.0 Å². The van der Waals surface area contributed by atoms with Crippen molar-refractivity contribution in [2.24, 2.45) is 11.3 Å². The molecule has 0 radical (unpaired) electrons. The Morgan fingerprint density at radius 1 is 1.40 bits per heavy atom. The lowest BCUT2D eigenvalue weighted by Crippen LogP contribution is -2.52. The highest BCUT2D eigenvalue weighted by atomic mass is 16.5. The van der Waals surface area contributed by atoms with Crippen molar-refractivity contribution in [3.8, 4) is 0 Å². The van der Waals surface area contributed by atoms with E-state index in [-0.39, 0.29) is 23.1 Å². The molecule has 0 aromatic rings. The lowest BCUT2D eigenvalue weighted by molar-refractivity contribution is -0.134. The molecule has 25 heavy (non-hydrogen) atoms. The lowest BCUT2D eigenvalue weighted by atomic mass is 9.69. The van der Waals surface area contributed by atoms with Gasteiger partial charge in [-0.15, -0.1) is 0 Å². The van der Waals surface area contributed by atoms with E-state index in [0.29, 0.717) is 39.3 Å². The number of rotatable bonds is 6. The second-order valence-corrected chi connectivity index (χ2v) is 7.40. The number of ether oxygens (including phenoxy) is 2. The average molecular weight is 350 g/mol. The van der Waals surface area contributed by atoms with Gasteiger partial charge in [-0.1, -0.05) is 6.08 Å². The van der Waals surface area contributed by atoms with Gasteiger partial charge in [-0.3, -0.25) is 9.59 Å². The SMILES string of the molecule is COCCN1C(=O)CCC2(CNC(=O)C3CCOCC3)CCCC=C12. The van der Waals surface area contributed by atoms with Crippen molar-refractivity contribution in [1.82, 2.24) is 10.2 Å². The van der Waals surface area contributed by atoms with Crippen LogP contribution >= 0.6 is 0 Å². The van der Waals surface area contributed by atoms with Gasteiger partial charge in [-0.2, -0.15) is 0 Å². The first-order chi connectivity index (χ1) is 12.2. The van der Waals surface area contributed by atoms with E-state index in [0.717, 1.165) is 44.2 Å². The van der Waals surface area contributed by atoms with Crippen molar-refractivity contribution in [1.29, 1.82) is 0 Å². The van der Waals surface area contributed by atoms with Crippen molar-refractivity contribution >= 4 is 11.8 Å². The van der Waals surface area contributed by atoms with Crippen molar-refractivity contribution in [3.63, 3.8) is 0 Å². The number of nitrogens with one attached hydrogen (secondary N) is 1. The Labute approximate surface area is 149 Å². The molecule has 1 atom stereocenters. The Bertz CT molecular complexity index is 528. The van der Waals surface area contributed by atoms with Gasteiger partial charge in [0.05, 0.1) is 6.61 Å². The summed E-state index contributed by atoms with van der Waals surface area (Å²) in [6, 6.07) is 0. The van der Waals surface area contributed by atoms with Gasteiger partial charge in [0.2, 0.25) is 11.8 Å². The molecule has 0 aromatic carbocycles. The second-order valence-electron chi connectivity index (χ2n) is 7.40. The van der Waals surface area contributed by atoms with Crippen LogP contribution in [0.4, 0.5) is 0 Å². The van der Waals surface area contributed by atoms with Crippen LogP contribution in [0.5, 0.6) is 0 Å². The van der Waals surface area contributed by atoms with E-state index >= 15 is 0 Å². The summed E-state index contributed by atoms with van der Waals surface area (Å²) in [4.78, 5) is 26.8. The minimum atomic E-state index is -0.0965. The maximum absolute atomic E-state index is 12.5. The predicted octanol–water partition coefficient (Wildman–Crippen LogP) is 1.85. The molecule has 2 amide bonds. The zero-order chi connectivity index (χ0) is 17.7. The van der Waals surface area contributed by atoms with E-state index in [1.165, 1.54) is 0 Å². The zero-order valence-corrected chi connectivity index (χ0v) is 15.2. The molecule has 6 nitrogen and oxygen atoms in total. The minimum absolute atomic E-state index is 0.0657. The summed E-state index contributed by atoms with van der Waals surface area (Å²) in [5, 5.41) is 3.20. The number of nitrogens with zero attached hydrogens (tertiary/aromatic N) is 1. The van der Waals surface area contributed by atoms with E-state index in [1.54, 1.807) is 7.11 Å². The molecule has 3 aliphatic rings. The molecule has 6 heteroatoms. The molecule has 2 saturated heterocycles. The standard InChI is InChI=1S/C19H30N2O4/c1-24-13-10-21-16-4-2-3-8-19(16,9-5-17(21)22)14-20-18(23)15-6-11-25-12-7-15/h4,15H,2-3,5-14H2,1H3,(H,20,23). The average Bonchev–Trinajstić information content (AvgIpc) is 2.66. The van der Waals surface area contributed by atoms with Crippen molar-refractivity contribution in [2.45, 2.75) is 44.9 Å². The number of piperidine rings is 1. The van der Waals surface area contributed by atoms with E-state index in [4.69, 9.17) is 9.47 Å². The number of carbonyl (C=O) groups excluding carboxylic acids is 2. The Hall–Kier alpha value is -1.40. The summed E-state index contributed by atoms with van der Waals surface area (Å²) in [5.41, 5.74) is 1.01. The second kappa shape index (κ2) is 8.32. The largest absolute Gasteiger partial charge is 0.383 e. The molecule has 0 saturated carbocycles. The first-order valence-corrected chi connectivity index (χ1v) is 9.52. The molecule has 1 unspecified atom stereocenters. The van der Waals surface area contributed by atoms with Crippen LogP contribution in [0.2, 0.25) is 0 Å². The number of hydrogen-bond acceptors (Lipinski definition) is 4. The fourth-order valence-corrected chi connectivity index (χ4v) is 4.34. The smallest absolute Gasteiger partial charge is 0.226 e. The molecular weight excluding hydrogens is 320 g/mol. The van der Waals surface area contributed by atoms with Gasteiger partial charge >= 0.3 is 0 Å². The number of methoxy groups -OCH3 is 1. The van der Waals surface area contributed by atoms with Crippen LogP contribution in [0, 0.1) is 11.3 Å². The molecule has 2 heterocycles. The number of hydrogen-bond donors (Lipinski definition) is 1. The maximum atomic E-state index is 12.5. The molecule has 2 aliphatic heterocycles. The Kier molecular flexibility index (Phi) is 6.12. The fourth-order valence-electron chi connectivity index (χ4n) is 4.34. The van der Waals surface area contributed by atoms with Crippen molar-refractivity contribution in [3.05, 3.63) is 11.8 Å². The van der Waals surface area contributed by atoms with Gasteiger partial charge in [-0.25, -0.2) is 0 Å². The first kappa shape index (κ1) is 18.4. The molecule has 0 spiro atoms. The van der Waals surface area contributed by atoms with Gasteiger partial charge in [0, 0.05) is 56.9 Å². The van der Waals surface area contributed by atoms with Crippen molar-refractivity contribution < 1.29 is 19.1 Å². The van der Waals surface area contributed by atoms with Crippen LogP contribution in [0.25, 0.3) is 0 Å². The molecule has 1 N–H and O–H groups in total. The summed E-state index contributed by atoms with van der Waals surface area (Å²) in [6.45, 7) is 3.11. The van der Waals surface area contributed by atoms with E-state index < -0.39 is 0 Å². The van der Waals surface area contributed by atoms with Crippen LogP contribution in [-0.2, 0) is 19.1 Å². The highest BCUT2D eigenvalue weighted by Gasteiger charge is 2.44. The molecule has 0 bridgehead atoms. The number of likely N-dealkylation sites (tertiary alicyclic amines) is 1. The maximum Gasteiger partial charge on any atom is 0.226 e. The van der Waals surface area contributed by atoms with Crippen LogP contribution < -0.4 is 5.32 Å². The summed E-state index contributed by atoms with van der Waals surface area (Å²) in [6.07, 6.45) is 8.34. The Balaban J connectivity index is 1.68. The topological polar surface area (TPSA) is 67.9 Å². The van der Waals surface area contributed by atoms with Gasteiger partial charge in [0.1, 0.15) is 0 Å². The van der Waals surface area contributed by atoms with Gasteiger partial charge in [0.15, 0.2) is 0 Å². The molecule has 2 fully saturated rings. The number of amides is 2. The summed E-state index contributed by atoms with van der Waals surface area (Å²) >= 11 is 0. The Morgan fingerprint density at radius 2 is 2.20 bits per heavy atom. The van der Waals surface area contributed by atoms with Gasteiger partial charge in [-0.05, 0) is 38.5 Å². The fraction of sp³-hybridized carbons (Fsp3) is 0.789. The monoisotopic (exact) mass is 350 g/mol. The van der Waals surface area contributed by atoms with Crippen LogP contribution in [-0.4, -0.2) is 56.7 Å². The van der Waals surface area contributed by atoms with E-state index in [1.807, 2.05) is 4.90 Å². The summed E-state index contributed by atoms with van der Waals surface area (Å²) in [5.74, 6) is 0.385. The number of carbonyl (C=O) groups is 2. The normalized spacial score (nSPS) is 27.6. The molecular formula is C19H30N2O4. The van der Waals surface area contributed by atoms with Crippen LogP contribution in [0.1, 0.15) is 44.9 Å². The molecule has 0 aromatic heterocycles. The number of allylic oxidation sites excluding steroid dienone is 1. The third-order valence-corrected chi connectivity index (χ3v) is 5.86. The molecule has 1 aliphatic carbocycles. The van der Waals surface area contributed by atoms with E-state index in [2.05, 4.69) is 11.4 Å². The first-order valence-electron chi connectivity index (χ1n) is 9.52. The zero-order valence-electron chi connectivity index (χ0n) is 15.2. The van der Waals surface area contributed by atoms with Gasteiger partial charge in [0.25, 0.3) is 0 Å². The molecule has 3 rings (SSSR count). The highest BCUT2D eigenvalue weighted by Crippen LogP contribution is 2.46. The quantitative estimate of drug-likeness (QED) is 0.794. The predicted molar refractivity (Wildman–Crippen MR) is 93.7 cm³/mol. The molecule has 140 valence electrons. The highest BCUT2D eigenvalue weighted by molar-refractivity contribution is 5.81. The third kappa shape index (κ3) is 4.06. The number of fused-ring (bicyclic) bond motifs is 1. The van der Waals surface area contributed by atoms with Crippen LogP contribution in [0.15, 0.2) is 11.8 Å². The van der Waals surface area contributed by atoms with Crippen LogP contribution in [0.3, 0.4) is 0 Å². The Morgan fingerprint density at radius 3 is 2.96 bits per heavy atom. The lowest BCUT2D eigenvalue weighted by Gasteiger charge is -2.47. The van der Waals surface area contributed by atoms with E-state index in [9.17, 15) is 9.59 Å². The summed E-state index contributed by atoms with van der Waals surface area (Å²) in [7, 11) is 1.66. The minimum Gasteiger partial charge on any atom is -0.383 e.